The number of benzene rings is 2. The van der Waals surface area contributed by atoms with Gasteiger partial charge in [0.2, 0.25) is 5.78 Å². The summed E-state index contributed by atoms with van der Waals surface area (Å²) in [5.74, 6) is 0.368. The maximum Gasteiger partial charge on any atom is 0.211 e. The van der Waals surface area contributed by atoms with E-state index in [9.17, 15) is 4.79 Å². The van der Waals surface area contributed by atoms with Crippen molar-refractivity contribution in [1.82, 2.24) is 10.2 Å². The van der Waals surface area contributed by atoms with Gasteiger partial charge >= 0.3 is 0 Å². The zero-order valence-corrected chi connectivity index (χ0v) is 16.4. The van der Waals surface area contributed by atoms with Gasteiger partial charge in [-0.1, -0.05) is 30.3 Å². The summed E-state index contributed by atoms with van der Waals surface area (Å²) < 4.78 is 5.65. The number of hydrogen-bond acceptors (Lipinski definition) is 5. The fourth-order valence-corrected chi connectivity index (χ4v) is 3.12. The SMILES string of the molecule is CN(C)c1ccc(C(CNCC(=O)c2cc3ccccc3o2)N(C)C)cc1. The van der Waals surface area contributed by atoms with E-state index in [2.05, 4.69) is 39.4 Å². The van der Waals surface area contributed by atoms with Crippen molar-refractivity contribution < 1.29 is 9.21 Å². The van der Waals surface area contributed by atoms with E-state index in [0.717, 1.165) is 11.0 Å². The molecule has 0 saturated carbocycles. The van der Waals surface area contributed by atoms with Gasteiger partial charge in [0.25, 0.3) is 0 Å². The van der Waals surface area contributed by atoms with E-state index in [4.69, 9.17) is 4.42 Å². The monoisotopic (exact) mass is 365 g/mol. The Labute approximate surface area is 160 Å². The van der Waals surface area contributed by atoms with E-state index in [1.54, 1.807) is 0 Å². The summed E-state index contributed by atoms with van der Waals surface area (Å²) >= 11 is 0. The number of rotatable bonds is 8. The highest BCUT2D eigenvalue weighted by Gasteiger charge is 2.16. The number of Topliss-reactive ketones (excluding diaryl/α,β-unsaturated/α-hetero) is 1. The Hall–Kier alpha value is -2.63. The lowest BCUT2D eigenvalue weighted by molar-refractivity contribution is 0.0964. The third-order valence-electron chi connectivity index (χ3n) is 4.74. The molecule has 0 aliphatic heterocycles. The lowest BCUT2D eigenvalue weighted by atomic mass is 10.1. The largest absolute Gasteiger partial charge is 0.453 e. The Bertz CT molecular complexity index is 864. The van der Waals surface area contributed by atoms with Crippen molar-refractivity contribution >= 4 is 22.4 Å². The van der Waals surface area contributed by atoms with Crippen LogP contribution in [0.15, 0.2) is 59.0 Å². The molecule has 1 heterocycles. The summed E-state index contributed by atoms with van der Waals surface area (Å²) in [6.45, 7) is 0.931. The molecule has 0 saturated heterocycles. The number of carbonyl (C=O) groups excluding carboxylic acids is 1. The number of carbonyl (C=O) groups is 1. The van der Waals surface area contributed by atoms with Crippen LogP contribution in [0.3, 0.4) is 0 Å². The van der Waals surface area contributed by atoms with Crippen LogP contribution in [-0.2, 0) is 0 Å². The number of para-hydroxylation sites is 1. The van der Waals surface area contributed by atoms with E-state index >= 15 is 0 Å². The van der Waals surface area contributed by atoms with Crippen molar-refractivity contribution in [2.24, 2.45) is 0 Å². The first-order valence-corrected chi connectivity index (χ1v) is 9.12. The predicted octanol–water partition coefficient (Wildman–Crippen LogP) is 3.57. The summed E-state index contributed by atoms with van der Waals surface area (Å²) in [5, 5.41) is 4.24. The second kappa shape index (κ2) is 8.37. The summed E-state index contributed by atoms with van der Waals surface area (Å²) in [5.41, 5.74) is 3.13. The molecule has 1 aromatic heterocycles. The molecular weight excluding hydrogens is 338 g/mol. The summed E-state index contributed by atoms with van der Waals surface area (Å²) in [6, 6.07) is 18.2. The van der Waals surface area contributed by atoms with Crippen LogP contribution < -0.4 is 10.2 Å². The Kier molecular flexibility index (Phi) is 5.94. The van der Waals surface area contributed by atoms with E-state index in [1.165, 1.54) is 11.3 Å². The Balaban J connectivity index is 1.61. The normalized spacial score (nSPS) is 12.5. The van der Waals surface area contributed by atoms with Crippen LogP contribution in [0.1, 0.15) is 22.2 Å². The lowest BCUT2D eigenvalue weighted by Crippen LogP contribution is -2.33. The minimum Gasteiger partial charge on any atom is -0.453 e. The first-order valence-electron chi connectivity index (χ1n) is 9.12. The number of anilines is 1. The minimum absolute atomic E-state index is 0.0355. The van der Waals surface area contributed by atoms with Crippen molar-refractivity contribution in [1.29, 1.82) is 0 Å². The summed E-state index contributed by atoms with van der Waals surface area (Å²) in [6.07, 6.45) is 0. The zero-order chi connectivity index (χ0) is 19.4. The number of hydrogen-bond donors (Lipinski definition) is 1. The molecule has 2 aromatic carbocycles. The Morgan fingerprint density at radius 2 is 1.74 bits per heavy atom. The van der Waals surface area contributed by atoms with Crippen molar-refractivity contribution in [2.45, 2.75) is 6.04 Å². The molecule has 1 N–H and O–H groups in total. The van der Waals surface area contributed by atoms with Crippen LogP contribution in [0, 0.1) is 0 Å². The molecule has 0 amide bonds. The molecule has 0 spiro atoms. The molecule has 1 atom stereocenters. The molecule has 0 bridgehead atoms. The average molecular weight is 365 g/mol. The fourth-order valence-electron chi connectivity index (χ4n) is 3.12. The van der Waals surface area contributed by atoms with Gasteiger partial charge in [-0.15, -0.1) is 0 Å². The second-order valence-corrected chi connectivity index (χ2v) is 7.17. The highest BCUT2D eigenvalue weighted by molar-refractivity contribution is 5.98. The topological polar surface area (TPSA) is 48.7 Å². The fraction of sp³-hybridized carbons (Fsp3) is 0.318. The van der Waals surface area contributed by atoms with Gasteiger partial charge in [0.15, 0.2) is 5.76 Å². The van der Waals surface area contributed by atoms with E-state index < -0.39 is 0 Å². The maximum atomic E-state index is 12.4. The standard InChI is InChI=1S/C22H27N3O2/c1-24(2)18-11-9-16(10-12-18)19(25(3)4)14-23-15-20(26)22-13-17-7-5-6-8-21(17)27-22/h5-13,19,23H,14-15H2,1-4H3. The Morgan fingerprint density at radius 3 is 2.37 bits per heavy atom. The van der Waals surface area contributed by atoms with Crippen molar-refractivity contribution in [3.8, 4) is 0 Å². The maximum absolute atomic E-state index is 12.4. The number of nitrogens with zero attached hydrogens (tertiary/aromatic N) is 2. The van der Waals surface area contributed by atoms with Crippen LogP contribution in [0.2, 0.25) is 0 Å². The van der Waals surface area contributed by atoms with Gasteiger partial charge in [0, 0.05) is 37.8 Å². The van der Waals surface area contributed by atoms with Crippen LogP contribution in [0.4, 0.5) is 5.69 Å². The van der Waals surface area contributed by atoms with Crippen molar-refractivity contribution in [3.63, 3.8) is 0 Å². The summed E-state index contributed by atoms with van der Waals surface area (Å²) in [7, 11) is 8.16. The molecule has 5 nitrogen and oxygen atoms in total. The van der Waals surface area contributed by atoms with Gasteiger partial charge in [0.1, 0.15) is 5.58 Å². The molecule has 142 valence electrons. The minimum atomic E-state index is -0.0355. The van der Waals surface area contributed by atoms with Crippen LogP contribution in [0.5, 0.6) is 0 Å². The van der Waals surface area contributed by atoms with Gasteiger partial charge < -0.3 is 19.5 Å². The van der Waals surface area contributed by atoms with Crippen LogP contribution >= 0.6 is 0 Å². The van der Waals surface area contributed by atoms with Crippen molar-refractivity contribution in [3.05, 3.63) is 65.9 Å². The molecule has 0 aliphatic rings. The number of nitrogens with one attached hydrogen (secondary N) is 1. The molecule has 5 heteroatoms. The third kappa shape index (κ3) is 4.56. The highest BCUT2D eigenvalue weighted by atomic mass is 16.3. The molecule has 3 rings (SSSR count). The van der Waals surface area contributed by atoms with Gasteiger partial charge in [-0.3, -0.25) is 4.79 Å². The van der Waals surface area contributed by atoms with Gasteiger partial charge in [-0.25, -0.2) is 0 Å². The molecule has 27 heavy (non-hydrogen) atoms. The van der Waals surface area contributed by atoms with Crippen molar-refractivity contribution in [2.75, 3.05) is 46.2 Å². The van der Waals surface area contributed by atoms with Gasteiger partial charge in [0.05, 0.1) is 6.54 Å². The van der Waals surface area contributed by atoms with E-state index in [1.807, 2.05) is 58.5 Å². The van der Waals surface area contributed by atoms with E-state index in [-0.39, 0.29) is 18.4 Å². The molecule has 0 fully saturated rings. The first kappa shape index (κ1) is 19.1. The predicted molar refractivity (Wildman–Crippen MR) is 111 cm³/mol. The lowest BCUT2D eigenvalue weighted by Gasteiger charge is -2.25. The van der Waals surface area contributed by atoms with Gasteiger partial charge in [-0.05, 0) is 43.9 Å². The average Bonchev–Trinajstić information content (AvgIpc) is 3.09. The molecule has 0 aliphatic carbocycles. The second-order valence-electron chi connectivity index (χ2n) is 7.17. The van der Waals surface area contributed by atoms with Gasteiger partial charge in [-0.2, -0.15) is 0 Å². The smallest absolute Gasteiger partial charge is 0.211 e. The van der Waals surface area contributed by atoms with E-state index in [0.29, 0.717) is 12.3 Å². The molecular formula is C22H27N3O2. The first-order chi connectivity index (χ1) is 13.0. The number of furan rings is 1. The molecule has 3 aromatic rings. The quantitative estimate of drug-likeness (QED) is 0.619. The van der Waals surface area contributed by atoms with Crippen LogP contribution in [0.25, 0.3) is 11.0 Å². The third-order valence-corrected chi connectivity index (χ3v) is 4.74. The number of likely N-dealkylation sites (N-methyl/N-ethyl adjacent to an activating group) is 1. The highest BCUT2D eigenvalue weighted by Crippen LogP contribution is 2.21. The number of ketones is 1. The zero-order valence-electron chi connectivity index (χ0n) is 16.4. The number of fused-ring (bicyclic) bond motifs is 1. The summed E-state index contributed by atoms with van der Waals surface area (Å²) in [4.78, 5) is 16.7. The molecule has 0 radical (unpaired) electrons. The Morgan fingerprint density at radius 1 is 1.04 bits per heavy atom. The molecule has 1 unspecified atom stereocenters. The van der Waals surface area contributed by atoms with Crippen LogP contribution in [-0.4, -0.2) is 52.0 Å².